The van der Waals surface area contributed by atoms with E-state index in [1.165, 1.54) is 24.0 Å². The molecule has 1 atom stereocenters. The van der Waals surface area contributed by atoms with E-state index in [2.05, 4.69) is 28.8 Å². The zero-order valence-electron chi connectivity index (χ0n) is 14.9. The molecule has 0 bridgehead atoms. The summed E-state index contributed by atoms with van der Waals surface area (Å²) in [4.78, 5) is 23.2. The van der Waals surface area contributed by atoms with Crippen molar-refractivity contribution in [3.8, 4) is 0 Å². The molecule has 25 heavy (non-hydrogen) atoms. The fraction of sp³-hybridized carbons (Fsp3) is 0.600. The molecular weight excluding hydrogens is 316 g/mol. The number of carbonyl (C=O) groups is 2. The van der Waals surface area contributed by atoms with Gasteiger partial charge in [0.2, 0.25) is 0 Å². The molecule has 3 N–H and O–H groups in total. The van der Waals surface area contributed by atoms with Gasteiger partial charge in [-0.1, -0.05) is 18.2 Å². The standard InChI is InChI=1S/C20H28N2O3/c1-13(16-7-6-14-4-2-3-5-17(14)12-16)21-20(25)22-18-10-8-15(9-11-18)19(23)24/h6-7,12-13,15,18H,2-5,8-11H2,1H3,(H,23,24)(H2,21,22,25)/t13-,15?,18?/m0/s1. The Labute approximate surface area is 149 Å². The molecule has 0 radical (unpaired) electrons. The van der Waals surface area contributed by atoms with Crippen LogP contribution in [-0.2, 0) is 17.6 Å². The Bertz CT molecular complexity index is 636. The van der Waals surface area contributed by atoms with Crippen molar-refractivity contribution in [1.29, 1.82) is 0 Å². The first-order valence-corrected chi connectivity index (χ1v) is 9.44. The van der Waals surface area contributed by atoms with Crippen LogP contribution in [0.2, 0.25) is 0 Å². The number of rotatable bonds is 4. The van der Waals surface area contributed by atoms with Crippen molar-refractivity contribution in [1.82, 2.24) is 10.6 Å². The SMILES string of the molecule is C[C@H](NC(=O)NC1CCC(C(=O)O)CC1)c1ccc2c(c1)CCCC2. The summed E-state index contributed by atoms with van der Waals surface area (Å²) in [5.74, 6) is -0.973. The minimum absolute atomic E-state index is 0.0393. The van der Waals surface area contributed by atoms with Crippen LogP contribution < -0.4 is 10.6 Å². The van der Waals surface area contributed by atoms with E-state index in [4.69, 9.17) is 5.11 Å². The summed E-state index contributed by atoms with van der Waals surface area (Å²) in [6.45, 7) is 2.01. The number of urea groups is 1. The summed E-state index contributed by atoms with van der Waals surface area (Å²) in [5, 5.41) is 15.1. The molecule has 136 valence electrons. The van der Waals surface area contributed by atoms with E-state index < -0.39 is 5.97 Å². The number of carbonyl (C=O) groups excluding carboxylic acids is 1. The van der Waals surface area contributed by atoms with E-state index in [-0.39, 0.29) is 24.0 Å². The lowest BCUT2D eigenvalue weighted by Gasteiger charge is -2.27. The summed E-state index contributed by atoms with van der Waals surface area (Å²) >= 11 is 0. The second-order valence-corrected chi connectivity index (χ2v) is 7.46. The Hall–Kier alpha value is -2.04. The van der Waals surface area contributed by atoms with Crippen molar-refractivity contribution in [3.05, 3.63) is 34.9 Å². The molecule has 5 heteroatoms. The van der Waals surface area contributed by atoms with E-state index in [0.717, 1.165) is 31.2 Å². The van der Waals surface area contributed by atoms with Gasteiger partial charge in [-0.25, -0.2) is 4.79 Å². The number of aryl methyl sites for hydroxylation is 2. The van der Waals surface area contributed by atoms with Crippen LogP contribution in [0.4, 0.5) is 4.79 Å². The molecule has 1 fully saturated rings. The fourth-order valence-electron chi connectivity index (χ4n) is 4.01. The number of hydrogen-bond acceptors (Lipinski definition) is 2. The molecule has 2 aliphatic carbocycles. The maximum absolute atomic E-state index is 12.3. The minimum atomic E-state index is -0.719. The van der Waals surface area contributed by atoms with Gasteiger partial charge in [0.15, 0.2) is 0 Å². The van der Waals surface area contributed by atoms with Crippen LogP contribution in [0.1, 0.15) is 68.2 Å². The molecule has 1 aromatic carbocycles. The van der Waals surface area contributed by atoms with Crippen LogP contribution in [-0.4, -0.2) is 23.1 Å². The van der Waals surface area contributed by atoms with Crippen LogP contribution in [0.3, 0.4) is 0 Å². The fourth-order valence-corrected chi connectivity index (χ4v) is 4.01. The highest BCUT2D eigenvalue weighted by Crippen LogP contribution is 2.26. The summed E-state index contributed by atoms with van der Waals surface area (Å²) in [6, 6.07) is 6.43. The second kappa shape index (κ2) is 7.89. The number of fused-ring (bicyclic) bond motifs is 1. The number of nitrogens with one attached hydrogen (secondary N) is 2. The van der Waals surface area contributed by atoms with Crippen molar-refractivity contribution in [2.45, 2.75) is 70.4 Å². The van der Waals surface area contributed by atoms with E-state index in [9.17, 15) is 9.59 Å². The quantitative estimate of drug-likeness (QED) is 0.781. The normalized spacial score (nSPS) is 24.0. The molecule has 0 aromatic heterocycles. The molecule has 0 spiro atoms. The largest absolute Gasteiger partial charge is 0.481 e. The summed E-state index contributed by atoms with van der Waals surface area (Å²) in [6.07, 6.45) is 7.56. The van der Waals surface area contributed by atoms with E-state index in [1.54, 1.807) is 0 Å². The van der Waals surface area contributed by atoms with Crippen LogP contribution in [0.15, 0.2) is 18.2 Å². The lowest BCUT2D eigenvalue weighted by molar-refractivity contribution is -0.142. The Kier molecular flexibility index (Phi) is 5.61. The number of aliphatic carboxylic acids is 1. The maximum Gasteiger partial charge on any atom is 0.315 e. The summed E-state index contributed by atoms with van der Waals surface area (Å²) in [5.41, 5.74) is 4.01. The van der Waals surface area contributed by atoms with Crippen molar-refractivity contribution in [3.63, 3.8) is 0 Å². The third kappa shape index (κ3) is 4.53. The topological polar surface area (TPSA) is 78.4 Å². The zero-order valence-corrected chi connectivity index (χ0v) is 14.9. The van der Waals surface area contributed by atoms with Crippen LogP contribution >= 0.6 is 0 Å². The first-order valence-electron chi connectivity index (χ1n) is 9.44. The van der Waals surface area contributed by atoms with Gasteiger partial charge in [-0.3, -0.25) is 4.79 Å². The summed E-state index contributed by atoms with van der Waals surface area (Å²) < 4.78 is 0. The number of amides is 2. The van der Waals surface area contributed by atoms with E-state index >= 15 is 0 Å². The molecule has 0 saturated heterocycles. The highest BCUT2D eigenvalue weighted by molar-refractivity contribution is 5.75. The molecular formula is C20H28N2O3. The van der Waals surface area contributed by atoms with Gasteiger partial charge < -0.3 is 15.7 Å². The maximum atomic E-state index is 12.3. The monoisotopic (exact) mass is 344 g/mol. The molecule has 2 aliphatic rings. The molecule has 3 rings (SSSR count). The highest BCUT2D eigenvalue weighted by Gasteiger charge is 2.27. The average molecular weight is 344 g/mol. The van der Waals surface area contributed by atoms with Gasteiger partial charge in [-0.15, -0.1) is 0 Å². The Balaban J connectivity index is 1.50. The molecule has 0 unspecified atom stereocenters. The van der Waals surface area contributed by atoms with Crippen molar-refractivity contribution < 1.29 is 14.7 Å². The van der Waals surface area contributed by atoms with Gasteiger partial charge in [0.25, 0.3) is 0 Å². The van der Waals surface area contributed by atoms with Gasteiger partial charge in [0, 0.05) is 6.04 Å². The summed E-state index contributed by atoms with van der Waals surface area (Å²) in [7, 11) is 0. The molecule has 2 amide bonds. The predicted molar refractivity (Wildman–Crippen MR) is 96.5 cm³/mol. The van der Waals surface area contributed by atoms with Gasteiger partial charge in [0.1, 0.15) is 0 Å². The Morgan fingerprint density at radius 3 is 2.44 bits per heavy atom. The van der Waals surface area contributed by atoms with Crippen LogP contribution in [0.25, 0.3) is 0 Å². The third-order valence-electron chi connectivity index (χ3n) is 5.63. The third-order valence-corrected chi connectivity index (χ3v) is 5.63. The predicted octanol–water partition coefficient (Wildman–Crippen LogP) is 3.57. The first-order chi connectivity index (χ1) is 12.0. The lowest BCUT2D eigenvalue weighted by atomic mass is 9.86. The minimum Gasteiger partial charge on any atom is -0.481 e. The van der Waals surface area contributed by atoms with Crippen LogP contribution in [0, 0.1) is 5.92 Å². The van der Waals surface area contributed by atoms with Crippen molar-refractivity contribution in [2.75, 3.05) is 0 Å². The second-order valence-electron chi connectivity index (χ2n) is 7.46. The average Bonchev–Trinajstić information content (AvgIpc) is 2.61. The molecule has 1 saturated carbocycles. The molecule has 0 heterocycles. The van der Waals surface area contributed by atoms with Gasteiger partial charge >= 0.3 is 12.0 Å². The molecule has 1 aromatic rings. The number of benzene rings is 1. The number of carboxylic acids is 1. The Morgan fingerprint density at radius 2 is 1.76 bits per heavy atom. The van der Waals surface area contributed by atoms with Crippen molar-refractivity contribution >= 4 is 12.0 Å². The zero-order chi connectivity index (χ0) is 17.8. The highest BCUT2D eigenvalue weighted by atomic mass is 16.4. The van der Waals surface area contributed by atoms with E-state index in [1.807, 2.05) is 6.92 Å². The van der Waals surface area contributed by atoms with Gasteiger partial charge in [-0.2, -0.15) is 0 Å². The Morgan fingerprint density at radius 1 is 1.08 bits per heavy atom. The van der Waals surface area contributed by atoms with Crippen LogP contribution in [0.5, 0.6) is 0 Å². The molecule has 5 nitrogen and oxygen atoms in total. The van der Waals surface area contributed by atoms with Gasteiger partial charge in [-0.05, 0) is 75.0 Å². The van der Waals surface area contributed by atoms with Gasteiger partial charge in [0.05, 0.1) is 12.0 Å². The van der Waals surface area contributed by atoms with E-state index in [0.29, 0.717) is 12.8 Å². The molecule has 0 aliphatic heterocycles. The lowest BCUT2D eigenvalue weighted by Crippen LogP contribution is -2.44. The number of carboxylic acid groups (broad SMARTS) is 1. The smallest absolute Gasteiger partial charge is 0.315 e. The first kappa shape index (κ1) is 17.8. The van der Waals surface area contributed by atoms with Crippen molar-refractivity contribution in [2.24, 2.45) is 5.92 Å². The number of hydrogen-bond donors (Lipinski definition) is 3.